The Bertz CT molecular complexity index is 1060. The van der Waals surface area contributed by atoms with Gasteiger partial charge in [0.15, 0.2) is 0 Å². The Labute approximate surface area is 192 Å². The van der Waals surface area contributed by atoms with Crippen molar-refractivity contribution in [3.8, 4) is 11.1 Å². The molecule has 2 N–H and O–H groups in total. The number of fused-ring (bicyclic) bond motifs is 3. The number of carboxylic acid groups (broad SMARTS) is 1. The van der Waals surface area contributed by atoms with Crippen LogP contribution in [0, 0.1) is 5.92 Å². The zero-order valence-electron chi connectivity index (χ0n) is 18.1. The van der Waals surface area contributed by atoms with Crippen LogP contribution in [0.2, 0.25) is 0 Å². The van der Waals surface area contributed by atoms with Gasteiger partial charge in [-0.25, -0.2) is 4.79 Å². The number of rotatable bonds is 8. The average Bonchev–Trinajstić information content (AvgIpc) is 3.39. The fraction of sp³-hybridized carbons (Fsp3) is 0.269. The summed E-state index contributed by atoms with van der Waals surface area (Å²) in [7, 11) is 0. The first-order valence-corrected chi connectivity index (χ1v) is 10.9. The Hall–Kier alpha value is -3.87. The van der Waals surface area contributed by atoms with Crippen molar-refractivity contribution in [1.29, 1.82) is 0 Å². The molecule has 33 heavy (non-hydrogen) atoms. The molecule has 0 spiro atoms. The summed E-state index contributed by atoms with van der Waals surface area (Å²) >= 11 is 0. The van der Waals surface area contributed by atoms with E-state index in [9.17, 15) is 14.4 Å². The van der Waals surface area contributed by atoms with Gasteiger partial charge in [0.1, 0.15) is 13.2 Å². The lowest BCUT2D eigenvalue weighted by molar-refractivity contribution is -0.145. The highest BCUT2D eigenvalue weighted by Gasteiger charge is 2.31. The third-order valence-electron chi connectivity index (χ3n) is 6.03. The number of carboxylic acids is 1. The Balaban J connectivity index is 1.33. The minimum Gasteiger partial charge on any atom is -0.480 e. The molecule has 2 atom stereocenters. The number of aliphatic carboxylic acids is 1. The van der Waals surface area contributed by atoms with E-state index in [-0.39, 0.29) is 37.6 Å². The van der Waals surface area contributed by atoms with Crippen LogP contribution in [0.25, 0.3) is 11.1 Å². The topological polar surface area (TPSA) is 95.9 Å². The van der Waals surface area contributed by atoms with Crippen LogP contribution >= 0.6 is 0 Å². The highest BCUT2D eigenvalue weighted by Crippen LogP contribution is 2.44. The van der Waals surface area contributed by atoms with E-state index in [2.05, 4.69) is 36.2 Å². The summed E-state index contributed by atoms with van der Waals surface area (Å²) in [4.78, 5) is 37.4. The largest absolute Gasteiger partial charge is 0.480 e. The molecule has 2 unspecified atom stereocenters. The molecule has 0 fully saturated rings. The Kier molecular flexibility index (Phi) is 6.58. The first kappa shape index (κ1) is 22.3. The third kappa shape index (κ3) is 4.82. The maximum absolute atomic E-state index is 12.7. The Morgan fingerprint density at radius 3 is 2.30 bits per heavy atom. The molecule has 0 aliphatic heterocycles. The van der Waals surface area contributed by atoms with Gasteiger partial charge in [-0.05, 0) is 28.7 Å². The molecule has 7 heteroatoms. The number of alkyl carbamates (subject to hydrolysis) is 1. The predicted octanol–water partition coefficient (Wildman–Crippen LogP) is 3.57. The van der Waals surface area contributed by atoms with Gasteiger partial charge in [-0.1, -0.05) is 66.8 Å². The zero-order chi connectivity index (χ0) is 23.4. The number of carbonyl (C=O) groups excluding carboxylic acids is 2. The molecular weight excluding hydrogens is 420 g/mol. The highest BCUT2D eigenvalue weighted by molar-refractivity contribution is 5.85. The van der Waals surface area contributed by atoms with Gasteiger partial charge in [0.2, 0.25) is 5.91 Å². The maximum Gasteiger partial charge on any atom is 0.407 e. The lowest BCUT2D eigenvalue weighted by atomic mass is 9.98. The van der Waals surface area contributed by atoms with E-state index in [0.717, 1.165) is 22.3 Å². The van der Waals surface area contributed by atoms with Crippen molar-refractivity contribution >= 4 is 18.0 Å². The Morgan fingerprint density at radius 1 is 1.06 bits per heavy atom. The van der Waals surface area contributed by atoms with Gasteiger partial charge in [0.25, 0.3) is 0 Å². The van der Waals surface area contributed by atoms with E-state index < -0.39 is 18.0 Å². The average molecular weight is 447 g/mol. The molecule has 0 saturated carbocycles. The number of hydrogen-bond acceptors (Lipinski definition) is 4. The lowest BCUT2D eigenvalue weighted by Crippen LogP contribution is -2.40. The van der Waals surface area contributed by atoms with Gasteiger partial charge < -0.3 is 20.1 Å². The van der Waals surface area contributed by atoms with Crippen LogP contribution in [0.1, 0.15) is 23.5 Å². The number of nitrogens with one attached hydrogen (secondary N) is 1. The summed E-state index contributed by atoms with van der Waals surface area (Å²) < 4.78 is 5.57. The molecule has 0 aromatic heterocycles. The van der Waals surface area contributed by atoms with Crippen molar-refractivity contribution in [2.45, 2.75) is 18.4 Å². The number of carbonyl (C=O) groups is 3. The number of ether oxygens (including phenoxy) is 1. The molecule has 0 heterocycles. The van der Waals surface area contributed by atoms with Crippen LogP contribution in [0.4, 0.5) is 4.79 Å². The third-order valence-corrected chi connectivity index (χ3v) is 6.03. The standard InChI is InChI=1S/C26H26N2O5/c1-2-13-28(15-24(29)30)25(31)17-11-12-18(14-17)27-26(32)33-16-23-21-9-5-3-7-19(21)20-8-4-6-10-22(20)23/h2-12,17-18,23H,1,13-16H2,(H,27,32)(H,29,30). The van der Waals surface area contributed by atoms with Gasteiger partial charge in [0, 0.05) is 12.5 Å². The fourth-order valence-corrected chi connectivity index (χ4v) is 4.57. The number of nitrogens with zero attached hydrogens (tertiary/aromatic N) is 1. The first-order chi connectivity index (χ1) is 16.0. The summed E-state index contributed by atoms with van der Waals surface area (Å²) in [6, 6.07) is 15.9. The van der Waals surface area contributed by atoms with Crippen molar-refractivity contribution < 1.29 is 24.2 Å². The quantitative estimate of drug-likeness (QED) is 0.605. The van der Waals surface area contributed by atoms with Gasteiger partial charge >= 0.3 is 12.1 Å². The minimum atomic E-state index is -1.08. The summed E-state index contributed by atoms with van der Waals surface area (Å²) in [5.41, 5.74) is 4.59. The maximum atomic E-state index is 12.7. The molecule has 4 rings (SSSR count). The van der Waals surface area contributed by atoms with Gasteiger partial charge in [-0.2, -0.15) is 0 Å². The van der Waals surface area contributed by atoms with Gasteiger partial charge in [-0.3, -0.25) is 9.59 Å². The molecule has 0 bridgehead atoms. The van der Waals surface area contributed by atoms with Crippen LogP contribution < -0.4 is 5.32 Å². The summed E-state index contributed by atoms with van der Waals surface area (Å²) in [5.74, 6) is -1.91. The van der Waals surface area contributed by atoms with Crippen molar-refractivity contribution in [1.82, 2.24) is 10.2 Å². The van der Waals surface area contributed by atoms with Gasteiger partial charge in [-0.15, -0.1) is 6.58 Å². The second-order valence-corrected chi connectivity index (χ2v) is 8.20. The molecule has 2 aliphatic carbocycles. The van der Waals surface area contributed by atoms with E-state index in [1.54, 1.807) is 12.2 Å². The molecule has 170 valence electrons. The highest BCUT2D eigenvalue weighted by atomic mass is 16.5. The molecule has 2 amide bonds. The van der Waals surface area contributed by atoms with Crippen molar-refractivity contribution in [2.24, 2.45) is 5.92 Å². The minimum absolute atomic E-state index is 0.0277. The van der Waals surface area contributed by atoms with E-state index in [0.29, 0.717) is 6.42 Å². The van der Waals surface area contributed by atoms with Crippen LogP contribution in [-0.2, 0) is 14.3 Å². The van der Waals surface area contributed by atoms with Gasteiger partial charge in [0.05, 0.1) is 12.0 Å². The fourth-order valence-electron chi connectivity index (χ4n) is 4.57. The second-order valence-electron chi connectivity index (χ2n) is 8.20. The van der Waals surface area contributed by atoms with Crippen molar-refractivity contribution in [2.75, 3.05) is 19.7 Å². The van der Waals surface area contributed by atoms with E-state index >= 15 is 0 Å². The predicted molar refractivity (Wildman–Crippen MR) is 124 cm³/mol. The summed E-state index contributed by atoms with van der Waals surface area (Å²) in [6.45, 7) is 3.55. The number of hydrogen-bond donors (Lipinski definition) is 2. The monoisotopic (exact) mass is 446 g/mol. The SMILES string of the molecule is C=CCN(CC(=O)O)C(=O)C1C=CC(NC(=O)OCC2c3ccccc3-c3ccccc32)C1. The van der Waals surface area contributed by atoms with E-state index in [4.69, 9.17) is 9.84 Å². The second kappa shape index (κ2) is 9.73. The number of amides is 2. The van der Waals surface area contributed by atoms with Crippen LogP contribution in [0.15, 0.2) is 73.3 Å². The number of benzene rings is 2. The van der Waals surface area contributed by atoms with Crippen molar-refractivity contribution in [3.05, 3.63) is 84.5 Å². The first-order valence-electron chi connectivity index (χ1n) is 10.9. The molecule has 2 aromatic carbocycles. The molecule has 0 saturated heterocycles. The van der Waals surface area contributed by atoms with E-state index in [1.807, 2.05) is 24.3 Å². The molecule has 0 radical (unpaired) electrons. The van der Waals surface area contributed by atoms with Crippen LogP contribution in [0.3, 0.4) is 0 Å². The smallest absolute Gasteiger partial charge is 0.407 e. The summed E-state index contributed by atoms with van der Waals surface area (Å²) in [6.07, 6.45) is 4.75. The van der Waals surface area contributed by atoms with Crippen LogP contribution in [-0.4, -0.2) is 53.7 Å². The van der Waals surface area contributed by atoms with E-state index in [1.165, 1.54) is 11.0 Å². The molecule has 2 aliphatic rings. The molecule has 2 aromatic rings. The normalized spacial score (nSPS) is 18.3. The van der Waals surface area contributed by atoms with Crippen LogP contribution in [0.5, 0.6) is 0 Å². The molecular formula is C26H26N2O5. The Morgan fingerprint density at radius 2 is 1.70 bits per heavy atom. The van der Waals surface area contributed by atoms with Crippen molar-refractivity contribution in [3.63, 3.8) is 0 Å². The molecule has 7 nitrogen and oxygen atoms in total. The summed E-state index contributed by atoms with van der Waals surface area (Å²) in [5, 5.41) is 11.8. The lowest BCUT2D eigenvalue weighted by Gasteiger charge is -2.22. The zero-order valence-corrected chi connectivity index (χ0v) is 18.1.